The summed E-state index contributed by atoms with van der Waals surface area (Å²) >= 11 is 0. The molecule has 0 aromatic heterocycles. The highest BCUT2D eigenvalue weighted by molar-refractivity contribution is 6.02. The first-order valence-corrected chi connectivity index (χ1v) is 8.90. The number of carbonyl (C=O) groups excluding carboxylic acids is 2. The Labute approximate surface area is 163 Å². The summed E-state index contributed by atoms with van der Waals surface area (Å²) in [5.74, 6) is -1.59. The van der Waals surface area contributed by atoms with Crippen molar-refractivity contribution in [2.24, 2.45) is 5.92 Å². The Morgan fingerprint density at radius 2 is 1.79 bits per heavy atom. The number of nitrogens with one attached hydrogen (secondary N) is 2. The fourth-order valence-electron chi connectivity index (χ4n) is 2.61. The molecule has 0 fully saturated rings. The molecule has 1 atom stereocenters. The highest BCUT2D eigenvalue weighted by Gasteiger charge is 2.25. The molecule has 7 heteroatoms. The van der Waals surface area contributed by atoms with Crippen LogP contribution in [0.1, 0.15) is 29.8 Å². The number of benzene rings is 2. The smallest absolute Gasteiger partial charge is 0.341 e. The third-order valence-corrected chi connectivity index (χ3v) is 4.09. The van der Waals surface area contributed by atoms with E-state index in [9.17, 15) is 14.4 Å². The van der Waals surface area contributed by atoms with Crippen LogP contribution in [0.4, 0.5) is 5.69 Å². The van der Waals surface area contributed by atoms with E-state index >= 15 is 0 Å². The van der Waals surface area contributed by atoms with Crippen LogP contribution in [0.25, 0.3) is 0 Å². The van der Waals surface area contributed by atoms with Gasteiger partial charge in [-0.2, -0.15) is 0 Å². The second kappa shape index (κ2) is 9.55. The Morgan fingerprint density at radius 3 is 2.43 bits per heavy atom. The number of carboxylic acids is 1. The Hall–Kier alpha value is -3.35. The second-order valence-electron chi connectivity index (χ2n) is 6.71. The second-order valence-corrected chi connectivity index (χ2v) is 6.71. The molecule has 0 aliphatic heterocycles. The predicted molar refractivity (Wildman–Crippen MR) is 105 cm³/mol. The molecule has 28 heavy (non-hydrogen) atoms. The maximum absolute atomic E-state index is 12.7. The summed E-state index contributed by atoms with van der Waals surface area (Å²) < 4.78 is 5.11. The van der Waals surface area contributed by atoms with Gasteiger partial charge in [0.2, 0.25) is 5.91 Å². The van der Waals surface area contributed by atoms with Gasteiger partial charge in [-0.3, -0.25) is 9.59 Å². The molecule has 2 aromatic rings. The van der Waals surface area contributed by atoms with Gasteiger partial charge < -0.3 is 20.5 Å². The van der Waals surface area contributed by atoms with Crippen LogP contribution in [-0.2, 0) is 9.59 Å². The van der Waals surface area contributed by atoms with Crippen molar-refractivity contribution in [2.75, 3.05) is 11.9 Å². The van der Waals surface area contributed by atoms with E-state index < -0.39 is 18.6 Å². The molecule has 0 aliphatic carbocycles. The number of carbonyl (C=O) groups is 3. The van der Waals surface area contributed by atoms with E-state index in [1.807, 2.05) is 32.9 Å². The zero-order chi connectivity index (χ0) is 20.7. The van der Waals surface area contributed by atoms with Gasteiger partial charge in [0.25, 0.3) is 5.91 Å². The van der Waals surface area contributed by atoms with Gasteiger partial charge in [-0.25, -0.2) is 4.79 Å². The fourth-order valence-corrected chi connectivity index (χ4v) is 2.61. The largest absolute Gasteiger partial charge is 0.482 e. The Balaban J connectivity index is 2.09. The maximum atomic E-state index is 12.7. The fraction of sp³-hybridized carbons (Fsp3) is 0.286. The lowest BCUT2D eigenvalue weighted by atomic mass is 10.0. The standard InChI is InChI=1S/C21H24N2O5/c1-13(2)19(23-20(26)17-10-5-4-7-14(17)3)21(27)22-15-8-6-9-16(11-15)28-12-18(24)25/h4-11,13,19H,12H2,1-3H3,(H,22,27)(H,23,26)(H,24,25). The zero-order valence-corrected chi connectivity index (χ0v) is 16.1. The number of aryl methyl sites for hydroxylation is 1. The summed E-state index contributed by atoms with van der Waals surface area (Å²) in [4.78, 5) is 35.9. The molecule has 1 unspecified atom stereocenters. The lowest BCUT2D eigenvalue weighted by molar-refractivity contribution is -0.139. The van der Waals surface area contributed by atoms with Gasteiger partial charge in [0.15, 0.2) is 6.61 Å². The number of aliphatic carboxylic acids is 1. The summed E-state index contributed by atoms with van der Waals surface area (Å²) in [5, 5.41) is 14.2. The quantitative estimate of drug-likeness (QED) is 0.649. The topological polar surface area (TPSA) is 105 Å². The normalized spacial score (nSPS) is 11.6. The number of hydrogen-bond donors (Lipinski definition) is 3. The van der Waals surface area contributed by atoms with Crippen LogP contribution >= 0.6 is 0 Å². The van der Waals surface area contributed by atoms with Crippen molar-refractivity contribution in [3.63, 3.8) is 0 Å². The molecule has 0 spiro atoms. The molecule has 2 rings (SSSR count). The van der Waals surface area contributed by atoms with Crippen LogP contribution in [0, 0.1) is 12.8 Å². The number of ether oxygens (including phenoxy) is 1. The summed E-state index contributed by atoms with van der Waals surface area (Å²) in [6, 6.07) is 12.9. The monoisotopic (exact) mass is 384 g/mol. The van der Waals surface area contributed by atoms with Crippen molar-refractivity contribution >= 4 is 23.5 Å². The van der Waals surface area contributed by atoms with Crippen molar-refractivity contribution in [3.8, 4) is 5.75 Å². The molecule has 0 radical (unpaired) electrons. The van der Waals surface area contributed by atoms with Crippen LogP contribution in [0.3, 0.4) is 0 Å². The third kappa shape index (κ3) is 5.84. The van der Waals surface area contributed by atoms with Crippen molar-refractivity contribution < 1.29 is 24.2 Å². The van der Waals surface area contributed by atoms with Gasteiger partial charge >= 0.3 is 5.97 Å². The van der Waals surface area contributed by atoms with E-state index in [4.69, 9.17) is 9.84 Å². The molecule has 0 saturated heterocycles. The number of hydrogen-bond acceptors (Lipinski definition) is 4. The number of anilines is 1. The van der Waals surface area contributed by atoms with Gasteiger partial charge in [0, 0.05) is 17.3 Å². The molecule has 0 aliphatic rings. The molecule has 0 saturated carbocycles. The molecule has 0 heterocycles. The molecular weight excluding hydrogens is 360 g/mol. The van der Waals surface area contributed by atoms with Gasteiger partial charge in [0.05, 0.1) is 0 Å². The molecule has 148 valence electrons. The number of rotatable bonds is 8. The lowest BCUT2D eigenvalue weighted by Crippen LogP contribution is -2.47. The summed E-state index contributed by atoms with van der Waals surface area (Å²) in [5.41, 5.74) is 1.79. The van der Waals surface area contributed by atoms with E-state index in [1.54, 1.807) is 30.3 Å². The van der Waals surface area contributed by atoms with E-state index in [0.717, 1.165) is 5.56 Å². The predicted octanol–water partition coefficient (Wildman–Crippen LogP) is 2.85. The van der Waals surface area contributed by atoms with Gasteiger partial charge in [-0.1, -0.05) is 38.1 Å². The van der Waals surface area contributed by atoms with Crippen LogP contribution in [0.15, 0.2) is 48.5 Å². The maximum Gasteiger partial charge on any atom is 0.341 e. The highest BCUT2D eigenvalue weighted by Crippen LogP contribution is 2.18. The summed E-state index contributed by atoms with van der Waals surface area (Å²) in [6.45, 7) is 5.05. The Kier molecular flexibility index (Phi) is 7.14. The summed E-state index contributed by atoms with van der Waals surface area (Å²) in [7, 11) is 0. The van der Waals surface area contributed by atoms with Gasteiger partial charge in [0.1, 0.15) is 11.8 Å². The van der Waals surface area contributed by atoms with Crippen LogP contribution in [0.5, 0.6) is 5.75 Å². The van der Waals surface area contributed by atoms with Crippen LogP contribution in [0.2, 0.25) is 0 Å². The van der Waals surface area contributed by atoms with Crippen molar-refractivity contribution in [3.05, 3.63) is 59.7 Å². The minimum absolute atomic E-state index is 0.139. The summed E-state index contributed by atoms with van der Waals surface area (Å²) in [6.07, 6.45) is 0. The average molecular weight is 384 g/mol. The number of amides is 2. The van der Waals surface area contributed by atoms with Gasteiger partial charge in [-0.15, -0.1) is 0 Å². The van der Waals surface area contributed by atoms with E-state index in [-0.39, 0.29) is 17.7 Å². The van der Waals surface area contributed by atoms with Gasteiger partial charge in [-0.05, 0) is 36.6 Å². The highest BCUT2D eigenvalue weighted by atomic mass is 16.5. The molecule has 2 aromatic carbocycles. The molecule has 0 bridgehead atoms. The first-order chi connectivity index (χ1) is 13.3. The van der Waals surface area contributed by atoms with Crippen molar-refractivity contribution in [1.82, 2.24) is 5.32 Å². The van der Waals surface area contributed by atoms with E-state index in [1.165, 1.54) is 6.07 Å². The molecule has 3 N–H and O–H groups in total. The van der Waals surface area contributed by atoms with Crippen LogP contribution in [-0.4, -0.2) is 35.5 Å². The molecule has 2 amide bonds. The Bertz CT molecular complexity index is 863. The first-order valence-electron chi connectivity index (χ1n) is 8.90. The number of carboxylic acid groups (broad SMARTS) is 1. The zero-order valence-electron chi connectivity index (χ0n) is 16.1. The average Bonchev–Trinajstić information content (AvgIpc) is 2.64. The van der Waals surface area contributed by atoms with E-state index in [0.29, 0.717) is 17.0 Å². The van der Waals surface area contributed by atoms with Crippen molar-refractivity contribution in [2.45, 2.75) is 26.8 Å². The Morgan fingerprint density at radius 1 is 1.07 bits per heavy atom. The minimum atomic E-state index is -1.09. The molecular formula is C21H24N2O5. The van der Waals surface area contributed by atoms with E-state index in [2.05, 4.69) is 10.6 Å². The van der Waals surface area contributed by atoms with Crippen LogP contribution < -0.4 is 15.4 Å². The SMILES string of the molecule is Cc1ccccc1C(=O)NC(C(=O)Nc1cccc(OCC(=O)O)c1)C(C)C. The minimum Gasteiger partial charge on any atom is -0.482 e. The first kappa shape index (κ1) is 21.0. The lowest BCUT2D eigenvalue weighted by Gasteiger charge is -2.22. The molecule has 7 nitrogen and oxygen atoms in total. The third-order valence-electron chi connectivity index (χ3n) is 4.09. The van der Waals surface area contributed by atoms with Crippen molar-refractivity contribution in [1.29, 1.82) is 0 Å².